The van der Waals surface area contributed by atoms with Crippen LogP contribution in [0.15, 0.2) is 77.9 Å². The first-order valence-corrected chi connectivity index (χ1v) is 11.4. The van der Waals surface area contributed by atoms with E-state index < -0.39 is 5.91 Å². The van der Waals surface area contributed by atoms with Crippen molar-refractivity contribution < 1.29 is 19.7 Å². The average molecular weight is 470 g/mol. The quantitative estimate of drug-likeness (QED) is 0.184. The molecule has 7 nitrogen and oxygen atoms in total. The van der Waals surface area contributed by atoms with Crippen LogP contribution in [-0.4, -0.2) is 32.9 Å². The molecule has 0 radical (unpaired) electrons. The van der Waals surface area contributed by atoms with Crippen LogP contribution in [0.25, 0.3) is 22.2 Å². The molecule has 178 valence electrons. The van der Waals surface area contributed by atoms with Gasteiger partial charge in [0, 0.05) is 16.5 Å². The number of amides is 1. The number of rotatable bonds is 7. The van der Waals surface area contributed by atoms with Crippen LogP contribution in [-0.2, 0) is 0 Å². The molecule has 0 aliphatic heterocycles. The SMILES string of the molecule is CC/C(=N\NC(=O)c1cc(-c2ccccc2OC(C)C)nc2ccccc12)c1cc(O)ccc1O. The van der Waals surface area contributed by atoms with Crippen molar-refractivity contribution in [2.75, 3.05) is 0 Å². The van der Waals surface area contributed by atoms with E-state index in [0.717, 1.165) is 5.56 Å². The van der Waals surface area contributed by atoms with E-state index in [2.05, 4.69) is 10.5 Å². The number of hydrogen-bond acceptors (Lipinski definition) is 6. The maximum atomic E-state index is 13.3. The molecular weight excluding hydrogens is 442 g/mol. The Hall–Kier alpha value is -4.39. The fourth-order valence-corrected chi connectivity index (χ4v) is 3.80. The molecule has 0 unspecified atom stereocenters. The van der Waals surface area contributed by atoms with Crippen molar-refractivity contribution in [3.63, 3.8) is 0 Å². The van der Waals surface area contributed by atoms with Gasteiger partial charge in [0.05, 0.1) is 28.6 Å². The number of nitrogens with one attached hydrogen (secondary N) is 1. The summed E-state index contributed by atoms with van der Waals surface area (Å²) in [4.78, 5) is 18.1. The van der Waals surface area contributed by atoms with Crippen LogP contribution in [0, 0.1) is 0 Å². The highest BCUT2D eigenvalue weighted by Gasteiger charge is 2.17. The van der Waals surface area contributed by atoms with Gasteiger partial charge < -0.3 is 14.9 Å². The van der Waals surface area contributed by atoms with Crippen LogP contribution in [0.3, 0.4) is 0 Å². The van der Waals surface area contributed by atoms with Crippen molar-refractivity contribution in [1.82, 2.24) is 10.4 Å². The number of aromatic hydroxyl groups is 2. The van der Waals surface area contributed by atoms with Gasteiger partial charge in [0.2, 0.25) is 0 Å². The number of ether oxygens (including phenoxy) is 1. The fraction of sp³-hybridized carbons (Fsp3) is 0.179. The molecule has 0 bridgehead atoms. The first kappa shape index (κ1) is 23.8. The largest absolute Gasteiger partial charge is 0.508 e. The van der Waals surface area contributed by atoms with E-state index in [1.807, 2.05) is 69.3 Å². The molecule has 3 aromatic carbocycles. The second-order valence-corrected chi connectivity index (χ2v) is 8.29. The molecule has 3 N–H and O–H groups in total. The first-order chi connectivity index (χ1) is 16.9. The Balaban J connectivity index is 1.76. The van der Waals surface area contributed by atoms with E-state index in [0.29, 0.717) is 45.6 Å². The predicted octanol–water partition coefficient (Wildman–Crippen LogP) is 5.64. The van der Waals surface area contributed by atoms with Gasteiger partial charge in [0.15, 0.2) is 0 Å². The number of aromatic nitrogens is 1. The first-order valence-electron chi connectivity index (χ1n) is 11.4. The van der Waals surface area contributed by atoms with Crippen LogP contribution >= 0.6 is 0 Å². The van der Waals surface area contributed by atoms with Crippen molar-refractivity contribution in [2.45, 2.75) is 33.3 Å². The summed E-state index contributed by atoms with van der Waals surface area (Å²) >= 11 is 0. The van der Waals surface area contributed by atoms with Gasteiger partial charge in [-0.3, -0.25) is 4.79 Å². The number of para-hydroxylation sites is 2. The van der Waals surface area contributed by atoms with Crippen LogP contribution in [0.4, 0.5) is 0 Å². The number of hydrazone groups is 1. The van der Waals surface area contributed by atoms with E-state index in [1.54, 1.807) is 6.07 Å². The number of hydrogen-bond donors (Lipinski definition) is 3. The number of fused-ring (bicyclic) bond motifs is 1. The van der Waals surface area contributed by atoms with Gasteiger partial charge in [0.1, 0.15) is 17.2 Å². The Kier molecular flexibility index (Phi) is 6.96. The van der Waals surface area contributed by atoms with E-state index in [1.165, 1.54) is 18.2 Å². The Morgan fingerprint density at radius 3 is 2.51 bits per heavy atom. The van der Waals surface area contributed by atoms with E-state index >= 15 is 0 Å². The summed E-state index contributed by atoms with van der Waals surface area (Å²) in [5, 5.41) is 24.9. The highest BCUT2D eigenvalue weighted by atomic mass is 16.5. The van der Waals surface area contributed by atoms with Crippen LogP contribution < -0.4 is 10.2 Å². The minimum absolute atomic E-state index is 0.00247. The Labute approximate surface area is 203 Å². The Bertz CT molecular complexity index is 1410. The van der Waals surface area contributed by atoms with Crippen molar-refractivity contribution >= 4 is 22.5 Å². The Morgan fingerprint density at radius 2 is 1.74 bits per heavy atom. The lowest BCUT2D eigenvalue weighted by Gasteiger charge is -2.15. The second-order valence-electron chi connectivity index (χ2n) is 8.29. The average Bonchev–Trinajstić information content (AvgIpc) is 2.85. The van der Waals surface area contributed by atoms with Gasteiger partial charge in [-0.15, -0.1) is 0 Å². The van der Waals surface area contributed by atoms with Crippen molar-refractivity contribution in [3.8, 4) is 28.5 Å². The number of benzene rings is 3. The molecule has 1 heterocycles. The number of nitrogens with zero attached hydrogens (tertiary/aromatic N) is 2. The van der Waals surface area contributed by atoms with Gasteiger partial charge >= 0.3 is 0 Å². The minimum Gasteiger partial charge on any atom is -0.508 e. The normalized spacial score (nSPS) is 11.6. The minimum atomic E-state index is -0.419. The molecule has 0 aliphatic carbocycles. The standard InChI is InChI=1S/C28H27N3O4/c1-4-23(22-15-18(32)13-14-26(22)33)30-31-28(34)21-16-25(29-24-11-7-5-9-19(21)24)20-10-6-8-12-27(20)35-17(2)3/h5-17,32-33H,4H2,1-3H3,(H,31,34)/b30-23+. The fourth-order valence-electron chi connectivity index (χ4n) is 3.80. The summed E-state index contributed by atoms with van der Waals surface area (Å²) in [7, 11) is 0. The summed E-state index contributed by atoms with van der Waals surface area (Å²) in [5.74, 6) is 0.230. The molecule has 1 aromatic heterocycles. The molecule has 0 saturated carbocycles. The zero-order valence-corrected chi connectivity index (χ0v) is 19.8. The lowest BCUT2D eigenvalue weighted by molar-refractivity contribution is 0.0956. The Morgan fingerprint density at radius 1 is 1.00 bits per heavy atom. The molecule has 7 heteroatoms. The van der Waals surface area contributed by atoms with E-state index in [-0.39, 0.29) is 17.6 Å². The molecule has 0 aliphatic rings. The maximum absolute atomic E-state index is 13.3. The molecule has 0 saturated heterocycles. The van der Waals surface area contributed by atoms with Crippen molar-refractivity contribution in [2.24, 2.45) is 5.10 Å². The molecular formula is C28H27N3O4. The zero-order valence-electron chi connectivity index (χ0n) is 19.8. The van der Waals surface area contributed by atoms with Crippen LogP contribution in [0.5, 0.6) is 17.2 Å². The smallest absolute Gasteiger partial charge is 0.272 e. The van der Waals surface area contributed by atoms with Gasteiger partial charge in [-0.1, -0.05) is 37.3 Å². The topological polar surface area (TPSA) is 104 Å². The maximum Gasteiger partial charge on any atom is 0.272 e. The molecule has 0 atom stereocenters. The summed E-state index contributed by atoms with van der Waals surface area (Å²) in [5.41, 5.74) is 5.86. The van der Waals surface area contributed by atoms with Gasteiger partial charge in [-0.2, -0.15) is 5.10 Å². The molecule has 35 heavy (non-hydrogen) atoms. The van der Waals surface area contributed by atoms with Crippen LogP contribution in [0.2, 0.25) is 0 Å². The van der Waals surface area contributed by atoms with Gasteiger partial charge in [-0.25, -0.2) is 10.4 Å². The molecule has 0 fully saturated rings. The third-order valence-electron chi connectivity index (χ3n) is 5.40. The summed E-state index contributed by atoms with van der Waals surface area (Å²) in [6, 6.07) is 20.9. The number of phenolic OH excluding ortho intramolecular Hbond substituents is 2. The zero-order chi connectivity index (χ0) is 24.9. The summed E-state index contributed by atoms with van der Waals surface area (Å²) in [6.45, 7) is 5.76. The van der Waals surface area contributed by atoms with E-state index in [4.69, 9.17) is 9.72 Å². The lowest BCUT2D eigenvalue weighted by atomic mass is 10.0. The van der Waals surface area contributed by atoms with Crippen LogP contribution in [0.1, 0.15) is 43.1 Å². The highest BCUT2D eigenvalue weighted by Crippen LogP contribution is 2.32. The molecule has 0 spiro atoms. The van der Waals surface area contributed by atoms with Crippen molar-refractivity contribution in [3.05, 3.63) is 83.9 Å². The lowest BCUT2D eigenvalue weighted by Crippen LogP contribution is -2.20. The van der Waals surface area contributed by atoms with E-state index in [9.17, 15) is 15.0 Å². The third kappa shape index (κ3) is 5.24. The predicted molar refractivity (Wildman–Crippen MR) is 137 cm³/mol. The molecule has 4 rings (SSSR count). The number of pyridine rings is 1. The van der Waals surface area contributed by atoms with Gasteiger partial charge in [0.25, 0.3) is 5.91 Å². The third-order valence-corrected chi connectivity index (χ3v) is 5.40. The second kappa shape index (κ2) is 10.3. The monoisotopic (exact) mass is 469 g/mol. The number of carbonyl (C=O) groups is 1. The van der Waals surface area contributed by atoms with Crippen molar-refractivity contribution in [1.29, 1.82) is 0 Å². The highest BCUT2D eigenvalue weighted by molar-refractivity contribution is 6.09. The molecule has 4 aromatic rings. The van der Waals surface area contributed by atoms with Gasteiger partial charge in [-0.05, 0) is 62.7 Å². The summed E-state index contributed by atoms with van der Waals surface area (Å²) < 4.78 is 5.97. The number of carbonyl (C=O) groups excluding carboxylic acids is 1. The summed E-state index contributed by atoms with van der Waals surface area (Å²) in [6.07, 6.45) is 0.412. The number of phenols is 2. The molecule has 1 amide bonds.